The Bertz CT molecular complexity index is 357. The number of hydrogen-bond acceptors (Lipinski definition) is 4. The van der Waals surface area contributed by atoms with Crippen molar-refractivity contribution in [3.8, 4) is 0 Å². The van der Waals surface area contributed by atoms with E-state index in [0.717, 1.165) is 17.1 Å². The van der Waals surface area contributed by atoms with E-state index in [0.29, 0.717) is 0 Å². The molecule has 0 aliphatic rings. The summed E-state index contributed by atoms with van der Waals surface area (Å²) < 4.78 is 0. The number of non-ortho nitro benzene ring substituents is 1. The molecule has 5 heteroatoms. The second-order valence-electron chi connectivity index (χ2n) is 3.73. The van der Waals surface area contributed by atoms with Gasteiger partial charge in [0, 0.05) is 24.5 Å². The predicted molar refractivity (Wildman–Crippen MR) is 65.5 cm³/mol. The Labute approximate surface area is 98.8 Å². The van der Waals surface area contributed by atoms with Crippen LogP contribution in [0.2, 0.25) is 0 Å². The van der Waals surface area contributed by atoms with Gasteiger partial charge in [-0.3, -0.25) is 10.1 Å². The lowest BCUT2D eigenvalue weighted by Crippen LogP contribution is -2.03. The van der Waals surface area contributed by atoms with Gasteiger partial charge in [0.1, 0.15) is 0 Å². The molecule has 16 heavy (non-hydrogen) atoms. The fraction of sp³-hybridized carbons (Fsp3) is 0.455. The minimum Gasteiger partial charge on any atom is -0.396 e. The van der Waals surface area contributed by atoms with Crippen molar-refractivity contribution >= 4 is 17.4 Å². The quantitative estimate of drug-likeness (QED) is 0.613. The van der Waals surface area contributed by atoms with Crippen LogP contribution < -0.4 is 0 Å². The van der Waals surface area contributed by atoms with E-state index in [1.54, 1.807) is 23.9 Å². The zero-order valence-electron chi connectivity index (χ0n) is 9.13. The monoisotopic (exact) mass is 241 g/mol. The summed E-state index contributed by atoms with van der Waals surface area (Å²) >= 11 is 1.68. The molecule has 1 aromatic carbocycles. The smallest absolute Gasteiger partial charge is 0.269 e. The third-order valence-corrected chi connectivity index (χ3v) is 3.45. The molecule has 0 spiro atoms. The van der Waals surface area contributed by atoms with Gasteiger partial charge >= 0.3 is 0 Å². The summed E-state index contributed by atoms with van der Waals surface area (Å²) in [5.41, 5.74) is 1.08. The van der Waals surface area contributed by atoms with Crippen molar-refractivity contribution < 1.29 is 10.0 Å². The Hall–Kier alpha value is -1.07. The maximum atomic E-state index is 10.5. The summed E-state index contributed by atoms with van der Waals surface area (Å²) in [6.45, 7) is 2.16. The van der Waals surface area contributed by atoms with Crippen LogP contribution in [0.25, 0.3) is 0 Å². The highest BCUT2D eigenvalue weighted by Gasteiger charge is 2.06. The van der Waals surface area contributed by atoms with E-state index in [-0.39, 0.29) is 23.1 Å². The van der Waals surface area contributed by atoms with Gasteiger partial charge in [0.25, 0.3) is 5.69 Å². The lowest BCUT2D eigenvalue weighted by molar-refractivity contribution is -0.384. The number of hydrogen-bond donors (Lipinski definition) is 1. The molecule has 1 unspecified atom stereocenters. The second-order valence-corrected chi connectivity index (χ2v) is 4.76. The molecule has 0 bridgehead atoms. The molecule has 0 saturated carbocycles. The first kappa shape index (κ1) is 13.0. The van der Waals surface area contributed by atoms with Gasteiger partial charge in [-0.2, -0.15) is 11.8 Å². The van der Waals surface area contributed by atoms with Crippen LogP contribution in [0.5, 0.6) is 0 Å². The molecular formula is C11H15NO3S. The van der Waals surface area contributed by atoms with Crippen molar-refractivity contribution in [3.05, 3.63) is 39.9 Å². The lowest BCUT2D eigenvalue weighted by Gasteiger charge is -2.06. The predicted octanol–water partition coefficient (Wildman–Crippen LogP) is 2.46. The number of nitro groups is 1. The molecule has 0 amide bonds. The van der Waals surface area contributed by atoms with Crippen molar-refractivity contribution in [2.24, 2.45) is 5.92 Å². The van der Waals surface area contributed by atoms with E-state index in [1.165, 1.54) is 6.07 Å². The minimum atomic E-state index is -0.384. The van der Waals surface area contributed by atoms with Gasteiger partial charge < -0.3 is 5.11 Å². The van der Waals surface area contributed by atoms with E-state index in [4.69, 9.17) is 5.11 Å². The highest BCUT2D eigenvalue weighted by Crippen LogP contribution is 2.19. The maximum Gasteiger partial charge on any atom is 0.269 e. The molecule has 0 heterocycles. The fourth-order valence-electron chi connectivity index (χ4n) is 1.19. The Kier molecular flexibility index (Phi) is 5.28. The summed E-state index contributed by atoms with van der Waals surface area (Å²) in [6.07, 6.45) is 0. The Morgan fingerprint density at radius 3 is 2.94 bits per heavy atom. The summed E-state index contributed by atoms with van der Waals surface area (Å²) in [5.74, 6) is 1.87. The average Bonchev–Trinajstić information content (AvgIpc) is 2.29. The highest BCUT2D eigenvalue weighted by molar-refractivity contribution is 7.98. The number of benzene rings is 1. The van der Waals surface area contributed by atoms with Crippen molar-refractivity contribution in [1.82, 2.24) is 0 Å². The molecule has 1 atom stereocenters. The second kappa shape index (κ2) is 6.50. The average molecular weight is 241 g/mol. The molecule has 88 valence electrons. The standard InChI is InChI=1S/C11H15NO3S/c1-9(6-13)7-16-8-10-3-2-4-11(5-10)12(14)15/h2-5,9,13H,6-8H2,1H3. The first-order valence-corrected chi connectivity index (χ1v) is 6.21. The van der Waals surface area contributed by atoms with Gasteiger partial charge in [-0.05, 0) is 17.2 Å². The molecule has 0 fully saturated rings. The highest BCUT2D eigenvalue weighted by atomic mass is 32.2. The van der Waals surface area contributed by atoms with Crippen LogP contribution in [0.1, 0.15) is 12.5 Å². The van der Waals surface area contributed by atoms with Crippen LogP contribution >= 0.6 is 11.8 Å². The fourth-order valence-corrected chi connectivity index (χ4v) is 2.23. The molecule has 1 N–H and O–H groups in total. The van der Waals surface area contributed by atoms with Gasteiger partial charge in [-0.25, -0.2) is 0 Å². The number of aliphatic hydroxyl groups excluding tert-OH is 1. The molecular weight excluding hydrogens is 226 g/mol. The zero-order chi connectivity index (χ0) is 12.0. The largest absolute Gasteiger partial charge is 0.396 e. The molecule has 1 aromatic rings. The van der Waals surface area contributed by atoms with Crippen molar-refractivity contribution in [1.29, 1.82) is 0 Å². The van der Waals surface area contributed by atoms with Crippen LogP contribution in [0.15, 0.2) is 24.3 Å². The Morgan fingerprint density at radius 1 is 1.56 bits per heavy atom. The minimum absolute atomic E-state index is 0.133. The first-order valence-electron chi connectivity index (χ1n) is 5.05. The van der Waals surface area contributed by atoms with Crippen LogP contribution in [0.3, 0.4) is 0 Å². The molecule has 0 saturated heterocycles. The molecule has 0 aromatic heterocycles. The topological polar surface area (TPSA) is 63.4 Å². The zero-order valence-corrected chi connectivity index (χ0v) is 9.94. The van der Waals surface area contributed by atoms with Crippen LogP contribution in [-0.4, -0.2) is 22.4 Å². The lowest BCUT2D eigenvalue weighted by atomic mass is 10.2. The van der Waals surface area contributed by atoms with Gasteiger partial charge in [-0.1, -0.05) is 19.1 Å². The van der Waals surface area contributed by atoms with Crippen molar-refractivity contribution in [2.45, 2.75) is 12.7 Å². The van der Waals surface area contributed by atoms with E-state index in [1.807, 2.05) is 13.0 Å². The Balaban J connectivity index is 2.48. The van der Waals surface area contributed by atoms with Gasteiger partial charge in [0.2, 0.25) is 0 Å². The van der Waals surface area contributed by atoms with Crippen molar-refractivity contribution in [2.75, 3.05) is 12.4 Å². The van der Waals surface area contributed by atoms with Crippen LogP contribution in [0.4, 0.5) is 5.69 Å². The molecule has 1 rings (SSSR count). The maximum absolute atomic E-state index is 10.5. The number of aliphatic hydroxyl groups is 1. The van der Waals surface area contributed by atoms with Crippen LogP contribution in [0, 0.1) is 16.0 Å². The Morgan fingerprint density at radius 2 is 2.31 bits per heavy atom. The number of nitrogens with zero attached hydrogens (tertiary/aromatic N) is 1. The van der Waals surface area contributed by atoms with Gasteiger partial charge in [0.15, 0.2) is 0 Å². The third kappa shape index (κ3) is 4.20. The first-order chi connectivity index (χ1) is 7.63. The van der Waals surface area contributed by atoms with E-state index in [2.05, 4.69) is 0 Å². The SMILES string of the molecule is CC(CO)CSCc1cccc([N+](=O)[O-])c1. The van der Waals surface area contributed by atoms with Crippen LogP contribution in [-0.2, 0) is 5.75 Å². The van der Waals surface area contributed by atoms with Gasteiger partial charge in [0.05, 0.1) is 4.92 Å². The van der Waals surface area contributed by atoms with E-state index in [9.17, 15) is 10.1 Å². The number of thioether (sulfide) groups is 1. The molecule has 0 radical (unpaired) electrons. The van der Waals surface area contributed by atoms with Gasteiger partial charge in [-0.15, -0.1) is 0 Å². The molecule has 0 aliphatic heterocycles. The number of nitro benzene ring substituents is 1. The van der Waals surface area contributed by atoms with Crippen molar-refractivity contribution in [3.63, 3.8) is 0 Å². The van der Waals surface area contributed by atoms with E-state index >= 15 is 0 Å². The normalized spacial score (nSPS) is 12.4. The third-order valence-electron chi connectivity index (χ3n) is 2.10. The van der Waals surface area contributed by atoms with E-state index < -0.39 is 0 Å². The molecule has 4 nitrogen and oxygen atoms in total. The summed E-state index contributed by atoms with van der Waals surface area (Å²) in [7, 11) is 0. The number of rotatable bonds is 6. The summed E-state index contributed by atoms with van der Waals surface area (Å²) in [6, 6.07) is 6.66. The molecule has 0 aliphatic carbocycles. The summed E-state index contributed by atoms with van der Waals surface area (Å²) in [5, 5.41) is 19.4. The summed E-state index contributed by atoms with van der Waals surface area (Å²) in [4.78, 5) is 10.2.